The van der Waals surface area contributed by atoms with Crippen molar-refractivity contribution in [2.24, 2.45) is 0 Å². The predicted molar refractivity (Wildman–Crippen MR) is 81.8 cm³/mol. The van der Waals surface area contributed by atoms with Gasteiger partial charge in [0.05, 0.1) is 18.4 Å². The molecule has 20 heavy (non-hydrogen) atoms. The molecule has 1 unspecified atom stereocenters. The maximum Gasteiger partial charge on any atom is 0.107 e. The summed E-state index contributed by atoms with van der Waals surface area (Å²) in [5.41, 5.74) is 3.85. The molecule has 0 bridgehead atoms. The van der Waals surface area contributed by atoms with Crippen molar-refractivity contribution in [3.63, 3.8) is 0 Å². The molecular formula is C16H20N2OS. The molecule has 1 heterocycles. The zero-order chi connectivity index (χ0) is 13.8. The van der Waals surface area contributed by atoms with Crippen LogP contribution in [0.25, 0.3) is 0 Å². The molecule has 0 radical (unpaired) electrons. The third kappa shape index (κ3) is 3.08. The van der Waals surface area contributed by atoms with Gasteiger partial charge >= 0.3 is 0 Å². The predicted octanol–water partition coefficient (Wildman–Crippen LogP) is 3.46. The van der Waals surface area contributed by atoms with Crippen LogP contribution >= 0.6 is 11.3 Å². The summed E-state index contributed by atoms with van der Waals surface area (Å²) in [6.45, 7) is 1.44. The number of rotatable bonds is 5. The molecule has 0 spiro atoms. The molecule has 1 atom stereocenters. The van der Waals surface area contributed by atoms with Crippen LogP contribution < -0.4 is 5.32 Å². The summed E-state index contributed by atoms with van der Waals surface area (Å²) in [7, 11) is 1.94. The van der Waals surface area contributed by atoms with E-state index >= 15 is 0 Å². The molecule has 1 aliphatic rings. The average Bonchev–Trinajstić information content (AvgIpc) is 2.93. The summed E-state index contributed by atoms with van der Waals surface area (Å²) in [6, 6.07) is 8.64. The minimum Gasteiger partial charge on any atom is -0.367 e. The van der Waals surface area contributed by atoms with Crippen molar-refractivity contribution in [1.29, 1.82) is 0 Å². The third-order valence-electron chi connectivity index (χ3n) is 3.67. The number of nitrogens with one attached hydrogen (secondary N) is 1. The van der Waals surface area contributed by atoms with Crippen molar-refractivity contribution in [1.82, 2.24) is 10.3 Å². The van der Waals surface area contributed by atoms with Crippen molar-refractivity contribution in [2.75, 3.05) is 7.05 Å². The zero-order valence-corrected chi connectivity index (χ0v) is 12.6. The van der Waals surface area contributed by atoms with Gasteiger partial charge in [-0.25, -0.2) is 4.98 Å². The molecule has 1 N–H and O–H groups in total. The fraction of sp³-hybridized carbons (Fsp3) is 0.438. The molecule has 3 nitrogen and oxygen atoms in total. The lowest BCUT2D eigenvalue weighted by molar-refractivity contribution is 0.0267. The van der Waals surface area contributed by atoms with Gasteiger partial charge in [-0.2, -0.15) is 0 Å². The molecular weight excluding hydrogens is 268 g/mol. The Morgan fingerprint density at radius 2 is 2.30 bits per heavy atom. The lowest BCUT2D eigenvalue weighted by Gasteiger charge is -2.25. The normalized spacial score (nSPS) is 17.9. The second kappa shape index (κ2) is 6.48. The van der Waals surface area contributed by atoms with E-state index < -0.39 is 0 Å². The van der Waals surface area contributed by atoms with Crippen LogP contribution in [0.5, 0.6) is 0 Å². The first-order chi connectivity index (χ1) is 9.86. The Balaban J connectivity index is 1.64. The van der Waals surface area contributed by atoms with Gasteiger partial charge in [0.15, 0.2) is 0 Å². The van der Waals surface area contributed by atoms with Gasteiger partial charge in [-0.05, 0) is 37.4 Å². The Kier molecular flexibility index (Phi) is 4.45. The minimum absolute atomic E-state index is 0.231. The molecule has 106 valence electrons. The van der Waals surface area contributed by atoms with Gasteiger partial charge in [0, 0.05) is 11.9 Å². The molecule has 1 aromatic carbocycles. The van der Waals surface area contributed by atoms with Crippen molar-refractivity contribution in [2.45, 2.75) is 38.5 Å². The summed E-state index contributed by atoms with van der Waals surface area (Å²) in [4.78, 5) is 4.57. The smallest absolute Gasteiger partial charge is 0.107 e. The average molecular weight is 288 g/mol. The van der Waals surface area contributed by atoms with Gasteiger partial charge in [-0.15, -0.1) is 11.3 Å². The molecule has 1 aliphatic carbocycles. The number of benzene rings is 1. The van der Waals surface area contributed by atoms with Crippen molar-refractivity contribution in [3.05, 3.63) is 51.5 Å². The molecule has 0 aliphatic heterocycles. The first kappa shape index (κ1) is 13.7. The second-order valence-electron chi connectivity index (χ2n) is 5.15. The Labute approximate surface area is 124 Å². The van der Waals surface area contributed by atoms with E-state index in [-0.39, 0.29) is 6.10 Å². The third-order valence-corrected chi connectivity index (χ3v) is 4.57. The highest BCUT2D eigenvalue weighted by Crippen LogP contribution is 2.32. The second-order valence-corrected chi connectivity index (χ2v) is 6.10. The van der Waals surface area contributed by atoms with Crippen molar-refractivity contribution >= 4 is 11.3 Å². The number of hydrogen-bond donors (Lipinski definition) is 1. The van der Waals surface area contributed by atoms with Crippen LogP contribution in [-0.4, -0.2) is 12.0 Å². The maximum atomic E-state index is 6.11. The van der Waals surface area contributed by atoms with Crippen LogP contribution in [0.3, 0.4) is 0 Å². The molecule has 0 saturated carbocycles. The van der Waals surface area contributed by atoms with Gasteiger partial charge in [0.2, 0.25) is 0 Å². The van der Waals surface area contributed by atoms with Crippen LogP contribution in [0.15, 0.2) is 29.6 Å². The van der Waals surface area contributed by atoms with Gasteiger partial charge in [-0.1, -0.05) is 24.3 Å². The highest BCUT2D eigenvalue weighted by Gasteiger charge is 2.20. The van der Waals surface area contributed by atoms with Crippen LogP contribution in [0.1, 0.15) is 40.8 Å². The van der Waals surface area contributed by atoms with E-state index in [0.717, 1.165) is 23.7 Å². The van der Waals surface area contributed by atoms with Gasteiger partial charge < -0.3 is 10.1 Å². The first-order valence-electron chi connectivity index (χ1n) is 7.14. The van der Waals surface area contributed by atoms with E-state index in [1.807, 2.05) is 7.05 Å². The number of thiazole rings is 1. The summed E-state index contributed by atoms with van der Waals surface area (Å²) >= 11 is 1.69. The lowest BCUT2D eigenvalue weighted by atomic mass is 9.89. The molecule has 3 rings (SSSR count). The number of nitrogens with zero attached hydrogens (tertiary/aromatic N) is 1. The monoisotopic (exact) mass is 288 g/mol. The molecule has 0 amide bonds. The zero-order valence-electron chi connectivity index (χ0n) is 11.8. The van der Waals surface area contributed by atoms with E-state index in [0.29, 0.717) is 6.61 Å². The van der Waals surface area contributed by atoms with E-state index in [1.165, 1.54) is 24.0 Å². The SMILES string of the molecule is CNCc1nc(COC2CCCc3ccccc32)cs1. The standard InChI is InChI=1S/C16H20N2OS/c1-17-9-16-18-13(11-20-16)10-19-15-8-4-6-12-5-2-3-7-14(12)15/h2-3,5,7,11,15,17H,4,6,8-10H2,1H3. The number of ether oxygens (including phenoxy) is 1. The minimum atomic E-state index is 0.231. The summed E-state index contributed by atoms with van der Waals surface area (Å²) in [5, 5.41) is 6.34. The Morgan fingerprint density at radius 1 is 1.40 bits per heavy atom. The van der Waals surface area contributed by atoms with Crippen LogP contribution in [0.4, 0.5) is 0 Å². The molecule has 1 aromatic heterocycles. The van der Waals surface area contributed by atoms with Crippen molar-refractivity contribution in [3.8, 4) is 0 Å². The maximum absolute atomic E-state index is 6.11. The van der Waals surface area contributed by atoms with E-state index in [9.17, 15) is 0 Å². The number of hydrogen-bond acceptors (Lipinski definition) is 4. The Hall–Kier alpha value is -1.23. The Morgan fingerprint density at radius 3 is 3.20 bits per heavy atom. The Bertz CT molecular complexity index is 567. The first-order valence-corrected chi connectivity index (χ1v) is 8.02. The summed E-state index contributed by atoms with van der Waals surface area (Å²) in [6.07, 6.45) is 3.74. The van der Waals surface area contributed by atoms with E-state index in [1.54, 1.807) is 11.3 Å². The molecule has 0 saturated heterocycles. The van der Waals surface area contributed by atoms with Crippen LogP contribution in [-0.2, 0) is 24.3 Å². The molecule has 0 fully saturated rings. The van der Waals surface area contributed by atoms with Crippen LogP contribution in [0, 0.1) is 0 Å². The van der Waals surface area contributed by atoms with E-state index in [2.05, 4.69) is 39.9 Å². The van der Waals surface area contributed by atoms with Gasteiger partial charge in [-0.3, -0.25) is 0 Å². The fourth-order valence-electron chi connectivity index (χ4n) is 2.72. The lowest BCUT2D eigenvalue weighted by Crippen LogP contribution is -2.13. The van der Waals surface area contributed by atoms with Crippen LogP contribution in [0.2, 0.25) is 0 Å². The molecule has 4 heteroatoms. The largest absolute Gasteiger partial charge is 0.367 e. The van der Waals surface area contributed by atoms with Gasteiger partial charge in [0.1, 0.15) is 5.01 Å². The van der Waals surface area contributed by atoms with Gasteiger partial charge in [0.25, 0.3) is 0 Å². The highest BCUT2D eigenvalue weighted by atomic mass is 32.1. The number of aromatic nitrogens is 1. The number of aryl methyl sites for hydroxylation is 1. The molecule has 2 aromatic rings. The topological polar surface area (TPSA) is 34.2 Å². The fourth-order valence-corrected chi connectivity index (χ4v) is 3.51. The highest BCUT2D eigenvalue weighted by molar-refractivity contribution is 7.09. The van der Waals surface area contributed by atoms with Crippen molar-refractivity contribution < 1.29 is 4.74 Å². The van der Waals surface area contributed by atoms with E-state index in [4.69, 9.17) is 4.74 Å². The summed E-state index contributed by atoms with van der Waals surface area (Å²) < 4.78 is 6.11. The summed E-state index contributed by atoms with van der Waals surface area (Å²) in [5.74, 6) is 0. The quantitative estimate of drug-likeness (QED) is 0.915. The number of fused-ring (bicyclic) bond motifs is 1.